The summed E-state index contributed by atoms with van der Waals surface area (Å²) >= 11 is 1.29. The number of unbranched alkanes of at least 4 members (excludes halogenated alkanes) is 3. The van der Waals surface area contributed by atoms with Crippen molar-refractivity contribution in [3.63, 3.8) is 0 Å². The molecular formula is C30H33F6N3O3S. The second-order valence-corrected chi connectivity index (χ2v) is 11.3. The number of carbonyl (C=O) groups excluding carboxylic acids is 1. The Morgan fingerprint density at radius 2 is 1.67 bits per heavy atom. The van der Waals surface area contributed by atoms with E-state index in [2.05, 4.69) is 21.7 Å². The van der Waals surface area contributed by atoms with Gasteiger partial charge in [0, 0.05) is 31.7 Å². The molecule has 2 aromatic rings. The molecular weight excluding hydrogens is 596 g/mol. The highest BCUT2D eigenvalue weighted by atomic mass is 32.2. The Morgan fingerprint density at radius 3 is 2.33 bits per heavy atom. The highest BCUT2D eigenvalue weighted by molar-refractivity contribution is 8.18. The van der Waals surface area contributed by atoms with Gasteiger partial charge in [-0.05, 0) is 60.6 Å². The van der Waals surface area contributed by atoms with Gasteiger partial charge in [0.1, 0.15) is 6.61 Å². The van der Waals surface area contributed by atoms with Crippen LogP contribution in [0, 0.1) is 0 Å². The summed E-state index contributed by atoms with van der Waals surface area (Å²) in [4.78, 5) is 21.8. The average Bonchev–Trinajstić information content (AvgIpc) is 3.33. The van der Waals surface area contributed by atoms with E-state index in [4.69, 9.17) is 9.47 Å². The van der Waals surface area contributed by atoms with E-state index in [-0.39, 0.29) is 23.5 Å². The zero-order valence-electron chi connectivity index (χ0n) is 23.9. The van der Waals surface area contributed by atoms with Gasteiger partial charge < -0.3 is 14.4 Å². The van der Waals surface area contributed by atoms with E-state index in [1.54, 1.807) is 18.2 Å². The topological polar surface area (TPSA) is 54.4 Å². The molecule has 2 heterocycles. The molecule has 0 aromatic heterocycles. The van der Waals surface area contributed by atoms with Crippen LogP contribution in [0.5, 0.6) is 11.5 Å². The maximum Gasteiger partial charge on any atom is 0.416 e. The van der Waals surface area contributed by atoms with Crippen molar-refractivity contribution in [1.29, 1.82) is 0 Å². The molecule has 13 heteroatoms. The number of hydrogen-bond donors (Lipinski definition) is 0. The zero-order valence-corrected chi connectivity index (χ0v) is 24.7. The molecule has 1 amide bonds. The van der Waals surface area contributed by atoms with Crippen molar-refractivity contribution in [3.8, 4) is 11.5 Å². The standard InChI is InChI=1S/C30H33F6N3O3S/c1-3-4-5-6-11-38-12-14-39(15-13-38)28-37-27(40)26(43-28)17-20-7-10-24(25(16-20)41-2)42-19-21-8-9-22(29(31,32)33)18-23(21)30(34,35)36/h7-10,16-18H,3-6,11-15,19H2,1-2H3/b26-17+. The minimum atomic E-state index is -5.01. The fourth-order valence-electron chi connectivity index (χ4n) is 4.80. The third-order valence-corrected chi connectivity index (χ3v) is 8.24. The van der Waals surface area contributed by atoms with Gasteiger partial charge in [0.05, 0.1) is 23.1 Å². The predicted molar refractivity (Wildman–Crippen MR) is 154 cm³/mol. The lowest BCUT2D eigenvalue weighted by Crippen LogP contribution is -2.47. The molecule has 2 aromatic carbocycles. The van der Waals surface area contributed by atoms with Gasteiger partial charge in [-0.3, -0.25) is 9.69 Å². The maximum absolute atomic E-state index is 13.5. The number of hydrogen-bond acceptors (Lipinski definition) is 6. The monoisotopic (exact) mass is 629 g/mol. The largest absolute Gasteiger partial charge is 0.493 e. The summed E-state index contributed by atoms with van der Waals surface area (Å²) in [5.74, 6) is -0.0858. The summed E-state index contributed by atoms with van der Waals surface area (Å²) < 4.78 is 90.3. The Labute approximate surface area is 250 Å². The van der Waals surface area contributed by atoms with E-state index in [0.717, 1.165) is 38.8 Å². The first-order valence-electron chi connectivity index (χ1n) is 14.0. The number of amides is 1. The third-order valence-electron chi connectivity index (χ3n) is 7.19. The minimum Gasteiger partial charge on any atom is -0.493 e. The Balaban J connectivity index is 1.39. The Bertz CT molecular complexity index is 1350. The van der Waals surface area contributed by atoms with Crippen LogP contribution in [-0.4, -0.2) is 60.7 Å². The van der Waals surface area contributed by atoms with Crippen molar-refractivity contribution in [2.75, 3.05) is 39.8 Å². The van der Waals surface area contributed by atoms with Crippen LogP contribution in [0.1, 0.15) is 54.9 Å². The van der Waals surface area contributed by atoms with E-state index in [0.29, 0.717) is 21.7 Å². The number of piperazine rings is 1. The molecule has 0 aliphatic carbocycles. The van der Waals surface area contributed by atoms with Gasteiger partial charge in [-0.2, -0.15) is 31.3 Å². The molecule has 234 valence electrons. The lowest BCUT2D eigenvalue weighted by molar-refractivity contribution is -0.143. The molecule has 0 bridgehead atoms. The maximum atomic E-state index is 13.5. The van der Waals surface area contributed by atoms with Crippen molar-refractivity contribution in [1.82, 2.24) is 9.80 Å². The van der Waals surface area contributed by atoms with E-state index in [1.807, 2.05) is 0 Å². The molecule has 6 nitrogen and oxygen atoms in total. The van der Waals surface area contributed by atoms with Crippen LogP contribution in [0.15, 0.2) is 46.3 Å². The highest BCUT2D eigenvalue weighted by Gasteiger charge is 2.38. The summed E-state index contributed by atoms with van der Waals surface area (Å²) in [5, 5.41) is 0.658. The van der Waals surface area contributed by atoms with Crippen molar-refractivity contribution in [2.24, 2.45) is 4.99 Å². The van der Waals surface area contributed by atoms with Gasteiger partial charge >= 0.3 is 12.4 Å². The number of rotatable bonds is 10. The van der Waals surface area contributed by atoms with Crippen LogP contribution in [0.2, 0.25) is 0 Å². The number of amidine groups is 1. The molecule has 43 heavy (non-hydrogen) atoms. The summed E-state index contributed by atoms with van der Waals surface area (Å²) in [6, 6.07) is 6.04. The molecule has 0 atom stereocenters. The molecule has 1 saturated heterocycles. The summed E-state index contributed by atoms with van der Waals surface area (Å²) in [6.07, 6.45) is -3.40. The Kier molecular flexibility index (Phi) is 10.7. The number of nitrogens with zero attached hydrogens (tertiary/aromatic N) is 3. The lowest BCUT2D eigenvalue weighted by atomic mass is 10.0. The van der Waals surface area contributed by atoms with Crippen molar-refractivity contribution >= 4 is 28.9 Å². The fourth-order valence-corrected chi connectivity index (χ4v) is 5.77. The van der Waals surface area contributed by atoms with Crippen LogP contribution < -0.4 is 9.47 Å². The second-order valence-electron chi connectivity index (χ2n) is 10.3. The molecule has 2 aliphatic rings. The number of carbonyl (C=O) groups is 1. The molecule has 0 saturated carbocycles. The number of thioether (sulfide) groups is 1. The molecule has 1 fully saturated rings. The SMILES string of the molecule is CCCCCCN1CCN(C2=NC(=O)/C(=C\c3ccc(OCc4ccc(C(F)(F)F)cc4C(F)(F)F)c(OC)c3)S2)CC1. The lowest BCUT2D eigenvalue weighted by Gasteiger charge is -2.35. The zero-order chi connectivity index (χ0) is 31.2. The smallest absolute Gasteiger partial charge is 0.416 e. The molecule has 0 radical (unpaired) electrons. The van der Waals surface area contributed by atoms with Crippen molar-refractivity contribution < 1.29 is 40.6 Å². The van der Waals surface area contributed by atoms with E-state index in [9.17, 15) is 31.1 Å². The third kappa shape index (κ3) is 8.69. The van der Waals surface area contributed by atoms with Gasteiger partial charge in [0.2, 0.25) is 0 Å². The number of methoxy groups -OCH3 is 1. The molecule has 2 aliphatic heterocycles. The van der Waals surface area contributed by atoms with Crippen molar-refractivity contribution in [2.45, 2.75) is 51.6 Å². The van der Waals surface area contributed by atoms with Crippen LogP contribution in [0.4, 0.5) is 26.3 Å². The van der Waals surface area contributed by atoms with Gasteiger partial charge in [0.15, 0.2) is 16.7 Å². The number of aliphatic imine (C=N–C) groups is 1. The van der Waals surface area contributed by atoms with Crippen molar-refractivity contribution in [3.05, 3.63) is 63.6 Å². The number of benzene rings is 2. The molecule has 0 unspecified atom stereocenters. The van der Waals surface area contributed by atoms with Crippen LogP contribution in [-0.2, 0) is 23.8 Å². The summed E-state index contributed by atoms with van der Waals surface area (Å²) in [7, 11) is 1.35. The fraction of sp³-hybridized carbons (Fsp3) is 0.467. The molecule has 0 spiro atoms. The Hall–Kier alpha value is -3.19. The number of halogens is 6. The normalized spacial score (nSPS) is 17.5. The first kappa shape index (κ1) is 32.7. The van der Waals surface area contributed by atoms with E-state index in [1.165, 1.54) is 50.6 Å². The minimum absolute atomic E-state index is 0.0758. The van der Waals surface area contributed by atoms with E-state index < -0.39 is 35.6 Å². The van der Waals surface area contributed by atoms with Gasteiger partial charge in [-0.25, -0.2) is 0 Å². The number of alkyl halides is 6. The van der Waals surface area contributed by atoms with Crippen LogP contribution in [0.25, 0.3) is 6.08 Å². The average molecular weight is 630 g/mol. The highest BCUT2D eigenvalue weighted by Crippen LogP contribution is 2.39. The summed E-state index contributed by atoms with van der Waals surface area (Å²) in [6.45, 7) is 6.03. The van der Waals surface area contributed by atoms with E-state index >= 15 is 0 Å². The first-order chi connectivity index (χ1) is 20.4. The number of ether oxygens (including phenoxy) is 2. The molecule has 4 rings (SSSR count). The molecule has 0 N–H and O–H groups in total. The second kappa shape index (κ2) is 14.1. The first-order valence-corrected chi connectivity index (χ1v) is 14.8. The van der Waals surface area contributed by atoms with Crippen LogP contribution in [0.3, 0.4) is 0 Å². The van der Waals surface area contributed by atoms with Gasteiger partial charge in [-0.15, -0.1) is 0 Å². The summed E-state index contributed by atoms with van der Waals surface area (Å²) in [5.41, 5.74) is -2.70. The van der Waals surface area contributed by atoms with Gasteiger partial charge in [-0.1, -0.05) is 38.3 Å². The Morgan fingerprint density at radius 1 is 0.930 bits per heavy atom. The van der Waals surface area contributed by atoms with Crippen LogP contribution >= 0.6 is 11.8 Å². The van der Waals surface area contributed by atoms with Gasteiger partial charge in [0.25, 0.3) is 5.91 Å². The quantitative estimate of drug-likeness (QED) is 0.154. The predicted octanol–water partition coefficient (Wildman–Crippen LogP) is 7.48.